The SMILES string of the molecule is CC(C)n1cnc2c(N)nc(N3CCN(c4ccccn4)CC3)nc21. The van der Waals surface area contributed by atoms with E-state index in [1.807, 2.05) is 29.0 Å². The van der Waals surface area contributed by atoms with Crippen molar-refractivity contribution in [2.75, 3.05) is 41.7 Å². The van der Waals surface area contributed by atoms with Crippen molar-refractivity contribution in [2.45, 2.75) is 19.9 Å². The summed E-state index contributed by atoms with van der Waals surface area (Å²) in [5.41, 5.74) is 7.59. The van der Waals surface area contributed by atoms with Crippen molar-refractivity contribution in [3.63, 3.8) is 0 Å². The van der Waals surface area contributed by atoms with Crippen LogP contribution in [0.1, 0.15) is 19.9 Å². The maximum absolute atomic E-state index is 6.12. The monoisotopic (exact) mass is 338 g/mol. The Morgan fingerprint density at radius 1 is 1.00 bits per heavy atom. The number of aromatic nitrogens is 5. The Morgan fingerprint density at radius 3 is 2.44 bits per heavy atom. The number of hydrogen-bond acceptors (Lipinski definition) is 7. The molecule has 0 saturated carbocycles. The first-order valence-electron chi connectivity index (χ1n) is 8.54. The van der Waals surface area contributed by atoms with E-state index in [0.29, 0.717) is 17.3 Å². The molecule has 0 aromatic carbocycles. The lowest BCUT2D eigenvalue weighted by atomic mass is 10.3. The molecule has 2 N–H and O–H groups in total. The van der Waals surface area contributed by atoms with E-state index >= 15 is 0 Å². The first-order valence-corrected chi connectivity index (χ1v) is 8.54. The lowest BCUT2D eigenvalue weighted by molar-refractivity contribution is 0.609. The molecular weight excluding hydrogens is 316 g/mol. The summed E-state index contributed by atoms with van der Waals surface area (Å²) in [7, 11) is 0. The standard InChI is InChI=1S/C17H22N8/c1-12(2)25-11-20-14-15(18)21-17(22-16(14)25)24-9-7-23(8-10-24)13-5-3-4-6-19-13/h3-6,11-12H,7-10H2,1-2H3,(H2,18,21,22). The number of nitrogen functional groups attached to an aromatic ring is 1. The molecule has 130 valence electrons. The number of anilines is 3. The highest BCUT2D eigenvalue weighted by molar-refractivity contribution is 5.83. The summed E-state index contributed by atoms with van der Waals surface area (Å²) in [6.07, 6.45) is 3.61. The minimum Gasteiger partial charge on any atom is -0.382 e. The molecule has 0 spiro atoms. The lowest BCUT2D eigenvalue weighted by Crippen LogP contribution is -2.47. The molecule has 3 aromatic heterocycles. The molecule has 1 saturated heterocycles. The number of nitrogens with zero attached hydrogens (tertiary/aromatic N) is 7. The van der Waals surface area contributed by atoms with Gasteiger partial charge in [-0.3, -0.25) is 0 Å². The van der Waals surface area contributed by atoms with Gasteiger partial charge in [0.2, 0.25) is 5.95 Å². The molecule has 0 atom stereocenters. The van der Waals surface area contributed by atoms with Crippen LogP contribution in [0.15, 0.2) is 30.7 Å². The molecule has 0 bridgehead atoms. The van der Waals surface area contributed by atoms with Gasteiger partial charge >= 0.3 is 0 Å². The van der Waals surface area contributed by atoms with E-state index in [4.69, 9.17) is 10.7 Å². The maximum atomic E-state index is 6.12. The number of hydrogen-bond donors (Lipinski definition) is 1. The highest BCUT2D eigenvalue weighted by atomic mass is 15.3. The molecule has 1 fully saturated rings. The van der Waals surface area contributed by atoms with Crippen molar-refractivity contribution < 1.29 is 0 Å². The smallest absolute Gasteiger partial charge is 0.229 e. The number of piperazine rings is 1. The van der Waals surface area contributed by atoms with Crippen LogP contribution in [0.5, 0.6) is 0 Å². The van der Waals surface area contributed by atoms with E-state index in [1.165, 1.54) is 0 Å². The summed E-state index contributed by atoms with van der Waals surface area (Å²) >= 11 is 0. The van der Waals surface area contributed by atoms with Gasteiger partial charge in [-0.05, 0) is 26.0 Å². The number of fused-ring (bicyclic) bond motifs is 1. The Kier molecular flexibility index (Phi) is 3.87. The van der Waals surface area contributed by atoms with Crippen LogP contribution in [0.2, 0.25) is 0 Å². The molecule has 8 heteroatoms. The second kappa shape index (κ2) is 6.19. The van der Waals surface area contributed by atoms with Crippen LogP contribution in [-0.2, 0) is 0 Å². The minimum atomic E-state index is 0.271. The fourth-order valence-electron chi connectivity index (χ4n) is 3.12. The third kappa shape index (κ3) is 2.84. The fourth-order valence-corrected chi connectivity index (χ4v) is 3.12. The van der Waals surface area contributed by atoms with E-state index in [9.17, 15) is 0 Å². The Morgan fingerprint density at radius 2 is 1.76 bits per heavy atom. The van der Waals surface area contributed by atoms with Crippen molar-refractivity contribution >= 4 is 28.7 Å². The minimum absolute atomic E-state index is 0.271. The van der Waals surface area contributed by atoms with E-state index in [0.717, 1.165) is 37.6 Å². The van der Waals surface area contributed by atoms with Gasteiger partial charge < -0.3 is 20.1 Å². The van der Waals surface area contributed by atoms with Crippen molar-refractivity contribution in [1.29, 1.82) is 0 Å². The van der Waals surface area contributed by atoms with Crippen molar-refractivity contribution in [3.8, 4) is 0 Å². The average molecular weight is 338 g/mol. The number of nitrogens with two attached hydrogens (primary N) is 1. The van der Waals surface area contributed by atoms with Gasteiger partial charge in [-0.25, -0.2) is 9.97 Å². The zero-order chi connectivity index (χ0) is 17.4. The normalized spacial score (nSPS) is 15.3. The van der Waals surface area contributed by atoms with Crippen LogP contribution in [-0.4, -0.2) is 50.7 Å². The predicted molar refractivity (Wildman–Crippen MR) is 98.8 cm³/mol. The summed E-state index contributed by atoms with van der Waals surface area (Å²) in [4.78, 5) is 22.4. The fraction of sp³-hybridized carbons (Fsp3) is 0.412. The molecule has 0 radical (unpaired) electrons. The lowest BCUT2D eigenvalue weighted by Gasteiger charge is -2.35. The number of pyridine rings is 1. The van der Waals surface area contributed by atoms with Crippen LogP contribution in [0.4, 0.5) is 17.6 Å². The summed E-state index contributed by atoms with van der Waals surface area (Å²) in [5, 5.41) is 0. The van der Waals surface area contributed by atoms with Crippen molar-refractivity contribution in [1.82, 2.24) is 24.5 Å². The zero-order valence-electron chi connectivity index (χ0n) is 14.5. The third-order valence-electron chi connectivity index (χ3n) is 4.53. The van der Waals surface area contributed by atoms with Crippen molar-refractivity contribution in [2.24, 2.45) is 0 Å². The molecule has 1 aliphatic heterocycles. The Balaban J connectivity index is 1.58. The van der Waals surface area contributed by atoms with Gasteiger partial charge in [-0.1, -0.05) is 6.07 Å². The Bertz CT molecular complexity index is 865. The van der Waals surface area contributed by atoms with Gasteiger partial charge in [0, 0.05) is 38.4 Å². The first kappa shape index (κ1) is 15.6. The second-order valence-electron chi connectivity index (χ2n) is 6.49. The molecule has 1 aliphatic rings. The second-order valence-corrected chi connectivity index (χ2v) is 6.49. The molecule has 25 heavy (non-hydrogen) atoms. The molecule has 4 heterocycles. The molecule has 4 rings (SSSR count). The molecule has 0 unspecified atom stereocenters. The van der Waals surface area contributed by atoms with E-state index < -0.39 is 0 Å². The van der Waals surface area contributed by atoms with E-state index in [2.05, 4.69) is 38.6 Å². The van der Waals surface area contributed by atoms with Gasteiger partial charge in [0.25, 0.3) is 0 Å². The molecular formula is C17H22N8. The predicted octanol–water partition coefficient (Wildman–Crippen LogP) is 1.71. The number of rotatable bonds is 3. The van der Waals surface area contributed by atoms with Gasteiger partial charge in [-0.15, -0.1) is 0 Å². The van der Waals surface area contributed by atoms with Gasteiger partial charge in [0.1, 0.15) is 11.3 Å². The molecule has 8 nitrogen and oxygen atoms in total. The van der Waals surface area contributed by atoms with Crippen LogP contribution in [0.3, 0.4) is 0 Å². The largest absolute Gasteiger partial charge is 0.382 e. The molecule has 0 aliphatic carbocycles. The third-order valence-corrected chi connectivity index (χ3v) is 4.53. The average Bonchev–Trinajstić information content (AvgIpc) is 3.07. The van der Waals surface area contributed by atoms with Crippen molar-refractivity contribution in [3.05, 3.63) is 30.7 Å². The topological polar surface area (TPSA) is 89.0 Å². The first-order chi connectivity index (χ1) is 12.1. The van der Waals surface area contributed by atoms with E-state index in [-0.39, 0.29) is 6.04 Å². The summed E-state index contributed by atoms with van der Waals surface area (Å²) in [6, 6.07) is 6.26. The van der Waals surface area contributed by atoms with E-state index in [1.54, 1.807) is 6.33 Å². The van der Waals surface area contributed by atoms with Gasteiger partial charge in [-0.2, -0.15) is 9.97 Å². The maximum Gasteiger partial charge on any atom is 0.229 e. The molecule has 0 amide bonds. The van der Waals surface area contributed by atoms with Crippen LogP contribution >= 0.6 is 0 Å². The summed E-state index contributed by atoms with van der Waals surface area (Å²) in [5.74, 6) is 2.12. The summed E-state index contributed by atoms with van der Waals surface area (Å²) in [6.45, 7) is 7.62. The zero-order valence-corrected chi connectivity index (χ0v) is 14.5. The summed E-state index contributed by atoms with van der Waals surface area (Å²) < 4.78 is 2.03. The van der Waals surface area contributed by atoms with Crippen LogP contribution < -0.4 is 15.5 Å². The van der Waals surface area contributed by atoms with Crippen LogP contribution in [0.25, 0.3) is 11.2 Å². The Labute approximate surface area is 146 Å². The van der Waals surface area contributed by atoms with Gasteiger partial charge in [0.05, 0.1) is 6.33 Å². The van der Waals surface area contributed by atoms with Gasteiger partial charge in [0.15, 0.2) is 11.5 Å². The Hall–Kier alpha value is -2.90. The quantitative estimate of drug-likeness (QED) is 0.777. The highest BCUT2D eigenvalue weighted by Gasteiger charge is 2.22. The highest BCUT2D eigenvalue weighted by Crippen LogP contribution is 2.23. The molecule has 3 aromatic rings. The number of imidazole rings is 1. The van der Waals surface area contributed by atoms with Crippen LogP contribution in [0, 0.1) is 0 Å².